The first kappa shape index (κ1) is 27.9. The zero-order valence-corrected chi connectivity index (χ0v) is 23.6. The minimum absolute atomic E-state index is 0.0682. The Morgan fingerprint density at radius 2 is 1.93 bits per heavy atom. The number of hydrogen-bond donors (Lipinski definition) is 2. The Kier molecular flexibility index (Phi) is 7.80. The van der Waals surface area contributed by atoms with E-state index in [0.717, 1.165) is 5.39 Å². The monoisotopic (exact) mass is 558 g/mol. The predicted molar refractivity (Wildman–Crippen MR) is 155 cm³/mol. The maximum atomic E-state index is 12.0. The first-order valence-corrected chi connectivity index (χ1v) is 13.4. The molecule has 0 aliphatic carbocycles. The van der Waals surface area contributed by atoms with Crippen molar-refractivity contribution in [2.45, 2.75) is 38.4 Å². The highest BCUT2D eigenvalue weighted by molar-refractivity contribution is 5.93. The fourth-order valence-electron chi connectivity index (χ4n) is 4.82. The number of carbonyl (C=O) groups excluding carboxylic acids is 1. The van der Waals surface area contributed by atoms with Gasteiger partial charge >= 0.3 is 0 Å². The molecule has 4 aromatic rings. The molecule has 1 amide bonds. The van der Waals surface area contributed by atoms with E-state index in [1.54, 1.807) is 54.9 Å². The molecular formula is C30H34N6O5. The number of aryl methyl sites for hydroxylation is 1. The third-order valence-electron chi connectivity index (χ3n) is 6.96. The number of anilines is 2. The molecule has 11 heteroatoms. The van der Waals surface area contributed by atoms with Gasteiger partial charge in [0.25, 0.3) is 0 Å². The standard InChI is InChI=1S/C30H34N6O5/c1-6-28(37)36-13-9-19(10-14-36)40-26-16-21-24(17-25(26)39-5)31-18-32-29(21)33-23-8-7-20(15-22(23)30(2,3)38)41-27-11-12-35(4)34-27/h6-8,11-12,15-19,38H,1,9-10,13-14H2,2-5H3,(H,31,32,33). The molecule has 0 radical (unpaired) electrons. The van der Waals surface area contributed by atoms with Gasteiger partial charge in [-0.05, 0) is 44.2 Å². The Bertz CT molecular complexity index is 1570. The Morgan fingerprint density at radius 1 is 1.15 bits per heavy atom. The molecule has 41 heavy (non-hydrogen) atoms. The topological polar surface area (TPSA) is 124 Å². The molecule has 2 aromatic carbocycles. The molecule has 11 nitrogen and oxygen atoms in total. The number of aromatic nitrogens is 4. The van der Waals surface area contributed by atoms with Gasteiger partial charge in [-0.2, -0.15) is 0 Å². The van der Waals surface area contributed by atoms with Crippen LogP contribution >= 0.6 is 0 Å². The lowest BCUT2D eigenvalue weighted by Gasteiger charge is -2.31. The molecule has 2 N–H and O–H groups in total. The number of piperidine rings is 1. The van der Waals surface area contributed by atoms with Crippen LogP contribution in [0.1, 0.15) is 32.3 Å². The number of fused-ring (bicyclic) bond motifs is 1. The van der Waals surface area contributed by atoms with Crippen molar-refractivity contribution in [3.63, 3.8) is 0 Å². The zero-order valence-electron chi connectivity index (χ0n) is 23.6. The average Bonchev–Trinajstić information content (AvgIpc) is 3.37. The third kappa shape index (κ3) is 6.25. The van der Waals surface area contributed by atoms with E-state index in [1.807, 2.05) is 25.2 Å². The molecule has 2 aromatic heterocycles. The molecule has 5 rings (SSSR count). The number of rotatable bonds is 9. The molecule has 3 heterocycles. The van der Waals surface area contributed by atoms with Crippen LogP contribution in [0.3, 0.4) is 0 Å². The maximum Gasteiger partial charge on any atom is 0.245 e. The number of benzene rings is 2. The minimum atomic E-state index is -1.19. The number of methoxy groups -OCH3 is 1. The lowest BCUT2D eigenvalue weighted by Crippen LogP contribution is -2.41. The van der Waals surface area contributed by atoms with E-state index >= 15 is 0 Å². The van der Waals surface area contributed by atoms with Crippen molar-refractivity contribution in [1.29, 1.82) is 0 Å². The predicted octanol–water partition coefficient (Wildman–Crippen LogP) is 4.69. The molecule has 0 atom stereocenters. The summed E-state index contributed by atoms with van der Waals surface area (Å²) in [6.07, 6.45) is 5.91. The van der Waals surface area contributed by atoms with Crippen LogP contribution in [0.15, 0.2) is 61.6 Å². The van der Waals surface area contributed by atoms with E-state index in [0.29, 0.717) is 71.6 Å². The van der Waals surface area contributed by atoms with Crippen molar-refractivity contribution in [1.82, 2.24) is 24.6 Å². The summed E-state index contributed by atoms with van der Waals surface area (Å²) in [6.45, 7) is 8.19. The number of ether oxygens (including phenoxy) is 3. The fourth-order valence-corrected chi connectivity index (χ4v) is 4.82. The number of hydrogen-bond acceptors (Lipinski definition) is 9. The highest BCUT2D eigenvalue weighted by Gasteiger charge is 2.25. The molecule has 1 saturated heterocycles. The van der Waals surface area contributed by atoms with E-state index in [9.17, 15) is 9.90 Å². The smallest absolute Gasteiger partial charge is 0.245 e. The molecule has 214 valence electrons. The van der Waals surface area contributed by atoms with Crippen molar-refractivity contribution in [3.05, 3.63) is 67.1 Å². The number of carbonyl (C=O) groups is 1. The highest BCUT2D eigenvalue weighted by atomic mass is 16.5. The molecular weight excluding hydrogens is 524 g/mol. The van der Waals surface area contributed by atoms with Gasteiger partial charge < -0.3 is 29.5 Å². The van der Waals surface area contributed by atoms with Crippen LogP contribution in [0, 0.1) is 0 Å². The lowest BCUT2D eigenvalue weighted by atomic mass is 9.96. The second-order valence-corrected chi connectivity index (χ2v) is 10.4. The molecule has 0 spiro atoms. The lowest BCUT2D eigenvalue weighted by molar-refractivity contribution is -0.127. The van der Waals surface area contributed by atoms with Gasteiger partial charge in [0.15, 0.2) is 11.5 Å². The van der Waals surface area contributed by atoms with E-state index in [2.05, 4.69) is 27.0 Å². The quantitative estimate of drug-likeness (QED) is 0.282. The van der Waals surface area contributed by atoms with E-state index in [-0.39, 0.29) is 12.0 Å². The van der Waals surface area contributed by atoms with Gasteiger partial charge in [-0.25, -0.2) is 9.97 Å². The van der Waals surface area contributed by atoms with Crippen LogP contribution in [0.4, 0.5) is 11.5 Å². The minimum Gasteiger partial charge on any atom is -0.493 e. The van der Waals surface area contributed by atoms with E-state index in [4.69, 9.17) is 14.2 Å². The normalized spacial score (nSPS) is 14.1. The van der Waals surface area contributed by atoms with Crippen LogP contribution in [0.5, 0.6) is 23.1 Å². The van der Waals surface area contributed by atoms with E-state index < -0.39 is 5.60 Å². The molecule has 0 bridgehead atoms. The summed E-state index contributed by atoms with van der Waals surface area (Å²) in [5.74, 6) is 2.59. The zero-order chi connectivity index (χ0) is 29.1. The van der Waals surface area contributed by atoms with Crippen molar-refractivity contribution >= 4 is 28.3 Å². The van der Waals surface area contributed by atoms with Gasteiger partial charge in [-0.15, -0.1) is 5.10 Å². The summed E-state index contributed by atoms with van der Waals surface area (Å²) in [6, 6.07) is 10.9. The first-order chi connectivity index (χ1) is 19.6. The maximum absolute atomic E-state index is 12.0. The van der Waals surface area contributed by atoms with Gasteiger partial charge in [-0.3, -0.25) is 9.48 Å². The van der Waals surface area contributed by atoms with Crippen LogP contribution in [0.25, 0.3) is 10.9 Å². The second-order valence-electron chi connectivity index (χ2n) is 10.4. The Balaban J connectivity index is 1.43. The molecule has 1 fully saturated rings. The third-order valence-corrected chi connectivity index (χ3v) is 6.96. The Hall–Kier alpha value is -4.64. The average molecular weight is 559 g/mol. The first-order valence-electron chi connectivity index (χ1n) is 13.4. The number of likely N-dealkylation sites (tertiary alicyclic amines) is 1. The molecule has 0 unspecified atom stereocenters. The molecule has 1 aliphatic heterocycles. The number of nitrogens with zero attached hydrogens (tertiary/aromatic N) is 5. The summed E-state index contributed by atoms with van der Waals surface area (Å²) in [7, 11) is 3.40. The number of amides is 1. The van der Waals surface area contributed by atoms with Gasteiger partial charge in [0.1, 0.15) is 24.0 Å². The van der Waals surface area contributed by atoms with Gasteiger partial charge in [-0.1, -0.05) is 6.58 Å². The summed E-state index contributed by atoms with van der Waals surface area (Å²) in [5, 5.41) is 19.4. The summed E-state index contributed by atoms with van der Waals surface area (Å²) < 4.78 is 19.5. The van der Waals surface area contributed by atoms with Crippen molar-refractivity contribution in [2.75, 3.05) is 25.5 Å². The Labute approximate surface area is 238 Å². The SMILES string of the molecule is C=CC(=O)N1CCC(Oc2cc3c(Nc4ccc(Oc5ccn(C)n5)cc4C(C)(C)O)ncnc3cc2OC)CC1. The number of aliphatic hydroxyl groups is 1. The van der Waals surface area contributed by atoms with Crippen molar-refractivity contribution < 1.29 is 24.1 Å². The van der Waals surface area contributed by atoms with Crippen LogP contribution in [-0.4, -0.2) is 62.0 Å². The number of nitrogens with one attached hydrogen (secondary N) is 1. The van der Waals surface area contributed by atoms with Crippen molar-refractivity contribution in [2.24, 2.45) is 7.05 Å². The van der Waals surface area contributed by atoms with Crippen molar-refractivity contribution in [3.8, 4) is 23.1 Å². The summed E-state index contributed by atoms with van der Waals surface area (Å²) >= 11 is 0. The molecule has 0 saturated carbocycles. The van der Waals surface area contributed by atoms with Gasteiger partial charge in [0.2, 0.25) is 11.8 Å². The summed E-state index contributed by atoms with van der Waals surface area (Å²) in [5.41, 5.74) is 0.749. The fraction of sp³-hybridized carbons (Fsp3) is 0.333. The summed E-state index contributed by atoms with van der Waals surface area (Å²) in [4.78, 5) is 22.7. The van der Waals surface area contributed by atoms with Gasteiger partial charge in [0, 0.05) is 67.9 Å². The van der Waals surface area contributed by atoms with E-state index in [1.165, 1.54) is 12.4 Å². The van der Waals surface area contributed by atoms with Crippen LogP contribution in [-0.2, 0) is 17.4 Å². The largest absolute Gasteiger partial charge is 0.493 e. The van der Waals surface area contributed by atoms with Gasteiger partial charge in [0.05, 0.1) is 18.2 Å². The Morgan fingerprint density at radius 3 is 2.59 bits per heavy atom. The molecule has 1 aliphatic rings. The van der Waals surface area contributed by atoms with Crippen LogP contribution in [0.2, 0.25) is 0 Å². The highest BCUT2D eigenvalue weighted by Crippen LogP contribution is 2.38. The van der Waals surface area contributed by atoms with Crippen LogP contribution < -0.4 is 19.5 Å². The second kappa shape index (κ2) is 11.5.